The van der Waals surface area contributed by atoms with Crippen LogP contribution in [-0.2, 0) is 13.6 Å². The van der Waals surface area contributed by atoms with Crippen molar-refractivity contribution in [2.45, 2.75) is 6.54 Å². The van der Waals surface area contributed by atoms with Gasteiger partial charge in [-0.15, -0.1) is 0 Å². The molecule has 0 unspecified atom stereocenters. The van der Waals surface area contributed by atoms with E-state index in [9.17, 15) is 0 Å². The first-order valence-corrected chi connectivity index (χ1v) is 6.47. The molecule has 0 bridgehead atoms. The molecule has 1 aromatic rings. The molecule has 0 N–H and O–H groups in total. The Balaban J connectivity index is 2.50. The molecule has 18 heavy (non-hydrogen) atoms. The molecule has 0 amide bonds. The van der Waals surface area contributed by atoms with Crippen LogP contribution in [0.4, 0.5) is 0 Å². The predicted molar refractivity (Wildman–Crippen MR) is 75.6 cm³/mol. The fourth-order valence-corrected chi connectivity index (χ4v) is 1.70. The molecule has 1 rings (SSSR count). The van der Waals surface area contributed by atoms with Gasteiger partial charge in [0.05, 0.1) is 6.54 Å². The Bertz CT molecular complexity index is 320. The van der Waals surface area contributed by atoms with Crippen molar-refractivity contribution in [2.75, 3.05) is 54.4 Å². The van der Waals surface area contributed by atoms with E-state index in [1.54, 1.807) is 0 Å². The molecule has 0 saturated heterocycles. The van der Waals surface area contributed by atoms with Crippen molar-refractivity contribution in [1.29, 1.82) is 0 Å². The van der Waals surface area contributed by atoms with E-state index in [1.807, 2.05) is 12.4 Å². The summed E-state index contributed by atoms with van der Waals surface area (Å²) in [6.45, 7) is 5.24. The highest BCUT2D eigenvalue weighted by Crippen LogP contribution is 2.01. The van der Waals surface area contributed by atoms with E-state index in [4.69, 9.17) is 0 Å². The summed E-state index contributed by atoms with van der Waals surface area (Å²) in [5.74, 6) is 1.13. The van der Waals surface area contributed by atoms with E-state index >= 15 is 0 Å². The molecule has 0 spiro atoms. The summed E-state index contributed by atoms with van der Waals surface area (Å²) in [6, 6.07) is 0. The van der Waals surface area contributed by atoms with E-state index in [1.165, 1.54) is 0 Å². The van der Waals surface area contributed by atoms with E-state index in [2.05, 4.69) is 59.5 Å². The molecule has 0 aromatic carbocycles. The van der Waals surface area contributed by atoms with Gasteiger partial charge in [-0.1, -0.05) is 0 Å². The van der Waals surface area contributed by atoms with E-state index in [0.717, 1.165) is 38.5 Å². The molecule has 104 valence electrons. The maximum atomic E-state index is 4.40. The number of imidazole rings is 1. The lowest BCUT2D eigenvalue weighted by molar-refractivity contribution is 0.206. The van der Waals surface area contributed by atoms with Crippen LogP contribution in [0, 0.1) is 0 Å². The topological polar surface area (TPSA) is 27.5 Å². The third kappa shape index (κ3) is 5.62. The smallest absolute Gasteiger partial charge is 0.122 e. The van der Waals surface area contributed by atoms with Crippen LogP contribution in [0.5, 0.6) is 0 Å². The fourth-order valence-electron chi connectivity index (χ4n) is 1.70. The normalized spacial score (nSPS) is 12.0. The number of likely N-dealkylation sites (N-methyl/N-ethyl adjacent to an activating group) is 2. The summed E-state index contributed by atoms with van der Waals surface area (Å²) < 4.78 is 2.10. The molecule has 0 radical (unpaired) electrons. The van der Waals surface area contributed by atoms with E-state index in [0.29, 0.717) is 0 Å². The third-order valence-corrected chi connectivity index (χ3v) is 3.01. The molecule has 5 nitrogen and oxygen atoms in total. The molecule has 0 fully saturated rings. The highest BCUT2D eigenvalue weighted by molar-refractivity contribution is 4.91. The first kappa shape index (κ1) is 15.1. The van der Waals surface area contributed by atoms with Gasteiger partial charge in [0.2, 0.25) is 0 Å². The molecular formula is C13H27N5. The minimum atomic E-state index is 0.922. The Morgan fingerprint density at radius 1 is 1.00 bits per heavy atom. The van der Waals surface area contributed by atoms with Gasteiger partial charge in [0, 0.05) is 45.6 Å². The van der Waals surface area contributed by atoms with Crippen molar-refractivity contribution in [3.8, 4) is 0 Å². The zero-order valence-corrected chi connectivity index (χ0v) is 12.4. The monoisotopic (exact) mass is 253 g/mol. The summed E-state index contributed by atoms with van der Waals surface area (Å²) in [5, 5.41) is 0. The third-order valence-electron chi connectivity index (χ3n) is 3.01. The average molecular weight is 253 g/mol. The van der Waals surface area contributed by atoms with Crippen LogP contribution in [0.2, 0.25) is 0 Å². The van der Waals surface area contributed by atoms with Crippen LogP contribution >= 0.6 is 0 Å². The van der Waals surface area contributed by atoms with Gasteiger partial charge in [-0.3, -0.25) is 4.90 Å². The van der Waals surface area contributed by atoms with Crippen LogP contribution < -0.4 is 0 Å². The van der Waals surface area contributed by atoms with Gasteiger partial charge in [-0.25, -0.2) is 4.98 Å². The molecule has 1 heterocycles. The number of rotatable bonds is 8. The molecular weight excluding hydrogens is 226 g/mol. The SMILES string of the molecule is CN(C)CCN(CCN(C)C)Cc1nccn1C. The van der Waals surface area contributed by atoms with Gasteiger partial charge in [0.25, 0.3) is 0 Å². The minimum absolute atomic E-state index is 0.922. The van der Waals surface area contributed by atoms with E-state index in [-0.39, 0.29) is 0 Å². The number of hydrogen-bond donors (Lipinski definition) is 0. The maximum absolute atomic E-state index is 4.40. The average Bonchev–Trinajstić information content (AvgIpc) is 2.68. The Morgan fingerprint density at radius 3 is 1.94 bits per heavy atom. The lowest BCUT2D eigenvalue weighted by Crippen LogP contribution is -2.36. The maximum Gasteiger partial charge on any atom is 0.122 e. The predicted octanol–water partition coefficient (Wildman–Crippen LogP) is 0.345. The van der Waals surface area contributed by atoms with Gasteiger partial charge in [-0.2, -0.15) is 0 Å². The van der Waals surface area contributed by atoms with Crippen molar-refractivity contribution in [1.82, 2.24) is 24.3 Å². The standard InChI is InChI=1S/C13H27N5/c1-15(2)8-10-18(11-9-16(3)4)12-13-14-6-7-17(13)5/h6-7H,8-12H2,1-5H3. The van der Waals surface area contributed by atoms with Crippen LogP contribution in [0.3, 0.4) is 0 Å². The minimum Gasteiger partial charge on any atom is -0.337 e. The zero-order valence-electron chi connectivity index (χ0n) is 12.4. The van der Waals surface area contributed by atoms with Crippen LogP contribution in [0.25, 0.3) is 0 Å². The molecule has 0 aliphatic carbocycles. The van der Waals surface area contributed by atoms with Crippen molar-refractivity contribution in [3.05, 3.63) is 18.2 Å². The van der Waals surface area contributed by atoms with Crippen molar-refractivity contribution in [2.24, 2.45) is 7.05 Å². The molecule has 0 saturated carbocycles. The molecule has 0 aliphatic rings. The number of nitrogens with zero attached hydrogens (tertiary/aromatic N) is 5. The summed E-state index contributed by atoms with van der Waals surface area (Å²) in [6.07, 6.45) is 3.87. The highest BCUT2D eigenvalue weighted by atomic mass is 15.2. The Hall–Kier alpha value is -0.910. The van der Waals surface area contributed by atoms with Gasteiger partial charge in [0.1, 0.15) is 5.82 Å². The number of aryl methyl sites for hydroxylation is 1. The first-order valence-electron chi connectivity index (χ1n) is 6.47. The van der Waals surface area contributed by atoms with Crippen LogP contribution in [0.1, 0.15) is 5.82 Å². The first-order chi connectivity index (χ1) is 8.49. The van der Waals surface area contributed by atoms with Crippen molar-refractivity contribution < 1.29 is 0 Å². The van der Waals surface area contributed by atoms with Crippen molar-refractivity contribution in [3.63, 3.8) is 0 Å². The second-order valence-electron chi connectivity index (χ2n) is 5.34. The summed E-state index contributed by atoms with van der Waals surface area (Å²) >= 11 is 0. The largest absolute Gasteiger partial charge is 0.337 e. The Labute approximate surface area is 111 Å². The lowest BCUT2D eigenvalue weighted by atomic mass is 10.4. The van der Waals surface area contributed by atoms with Gasteiger partial charge >= 0.3 is 0 Å². The molecule has 0 atom stereocenters. The summed E-state index contributed by atoms with van der Waals surface area (Å²) in [7, 11) is 10.5. The molecule has 1 aromatic heterocycles. The van der Waals surface area contributed by atoms with Gasteiger partial charge in [0.15, 0.2) is 0 Å². The lowest BCUT2D eigenvalue weighted by Gasteiger charge is -2.25. The van der Waals surface area contributed by atoms with Crippen molar-refractivity contribution >= 4 is 0 Å². The van der Waals surface area contributed by atoms with Gasteiger partial charge in [-0.05, 0) is 28.2 Å². The zero-order chi connectivity index (χ0) is 13.5. The van der Waals surface area contributed by atoms with Crippen LogP contribution in [-0.4, -0.2) is 78.6 Å². The Morgan fingerprint density at radius 2 is 1.56 bits per heavy atom. The summed E-state index contributed by atoms with van der Waals surface area (Å²) in [4.78, 5) is 11.3. The number of aromatic nitrogens is 2. The van der Waals surface area contributed by atoms with Crippen LogP contribution in [0.15, 0.2) is 12.4 Å². The number of hydrogen-bond acceptors (Lipinski definition) is 4. The van der Waals surface area contributed by atoms with E-state index < -0.39 is 0 Å². The molecule has 5 heteroatoms. The quantitative estimate of drug-likeness (QED) is 0.668. The summed E-state index contributed by atoms with van der Waals surface area (Å²) in [5.41, 5.74) is 0. The second kappa shape index (κ2) is 7.51. The Kier molecular flexibility index (Phi) is 6.32. The molecule has 0 aliphatic heterocycles. The second-order valence-corrected chi connectivity index (χ2v) is 5.34. The highest BCUT2D eigenvalue weighted by Gasteiger charge is 2.09. The fraction of sp³-hybridized carbons (Fsp3) is 0.769. The van der Waals surface area contributed by atoms with Gasteiger partial charge < -0.3 is 14.4 Å².